The van der Waals surface area contributed by atoms with E-state index in [0.717, 1.165) is 53.3 Å². The molecule has 1 aromatic carbocycles. The molecule has 1 amide bonds. The van der Waals surface area contributed by atoms with Crippen molar-refractivity contribution in [2.45, 2.75) is 52.1 Å². The van der Waals surface area contributed by atoms with Gasteiger partial charge in [0.1, 0.15) is 11.4 Å². The molecular weight excluding hydrogens is 392 g/mol. The third-order valence-electron chi connectivity index (χ3n) is 5.59. The quantitative estimate of drug-likeness (QED) is 0.605. The van der Waals surface area contributed by atoms with E-state index in [1.807, 2.05) is 73.6 Å². The summed E-state index contributed by atoms with van der Waals surface area (Å²) in [5, 5.41) is 4.82. The largest absolute Gasteiger partial charge is 0.497 e. The van der Waals surface area contributed by atoms with Crippen molar-refractivity contribution in [2.24, 2.45) is 0 Å². The Balaban J connectivity index is 1.66. The van der Waals surface area contributed by atoms with Crippen LogP contribution in [-0.4, -0.2) is 51.4 Å². The van der Waals surface area contributed by atoms with Crippen LogP contribution in [0.15, 0.2) is 36.5 Å². The highest BCUT2D eigenvalue weighted by Crippen LogP contribution is 2.33. The van der Waals surface area contributed by atoms with Gasteiger partial charge in [0.2, 0.25) is 0 Å². The van der Waals surface area contributed by atoms with Gasteiger partial charge in [0, 0.05) is 30.8 Å². The molecule has 0 bridgehead atoms. The van der Waals surface area contributed by atoms with Gasteiger partial charge in [-0.3, -0.25) is 0 Å². The minimum atomic E-state index is -0.500. The molecule has 0 spiro atoms. The first-order chi connectivity index (χ1) is 14.8. The predicted molar refractivity (Wildman–Crippen MR) is 119 cm³/mol. The number of fused-ring (bicyclic) bond motifs is 1. The normalized spacial score (nSPS) is 17.1. The van der Waals surface area contributed by atoms with Gasteiger partial charge < -0.3 is 14.4 Å². The van der Waals surface area contributed by atoms with Gasteiger partial charge >= 0.3 is 6.09 Å². The van der Waals surface area contributed by atoms with Crippen LogP contribution in [0.3, 0.4) is 0 Å². The summed E-state index contributed by atoms with van der Waals surface area (Å²) in [6.45, 7) is 9.02. The van der Waals surface area contributed by atoms with Crippen molar-refractivity contribution in [3.63, 3.8) is 0 Å². The number of aromatic nitrogens is 3. The Morgan fingerprint density at radius 1 is 1.16 bits per heavy atom. The summed E-state index contributed by atoms with van der Waals surface area (Å²) >= 11 is 0. The number of rotatable bonds is 3. The van der Waals surface area contributed by atoms with Gasteiger partial charge in [0.25, 0.3) is 0 Å². The summed E-state index contributed by atoms with van der Waals surface area (Å²) in [5.74, 6) is 0.991. The van der Waals surface area contributed by atoms with Gasteiger partial charge in [-0.1, -0.05) is 12.1 Å². The van der Waals surface area contributed by atoms with Gasteiger partial charge in [-0.15, -0.1) is 0 Å². The Bertz CT molecular complexity index is 1080. The number of benzene rings is 1. The van der Waals surface area contributed by atoms with Crippen LogP contribution < -0.4 is 4.74 Å². The zero-order valence-corrected chi connectivity index (χ0v) is 18.9. The first-order valence-electron chi connectivity index (χ1n) is 10.7. The van der Waals surface area contributed by atoms with Crippen LogP contribution in [-0.2, 0) is 4.74 Å². The molecule has 7 nitrogen and oxygen atoms in total. The van der Waals surface area contributed by atoms with Crippen LogP contribution in [0.1, 0.15) is 50.9 Å². The third-order valence-corrected chi connectivity index (χ3v) is 5.59. The predicted octanol–water partition coefficient (Wildman–Crippen LogP) is 4.83. The molecule has 3 heterocycles. The van der Waals surface area contributed by atoms with Gasteiger partial charge in [-0.25, -0.2) is 14.3 Å². The van der Waals surface area contributed by atoms with Crippen molar-refractivity contribution in [3.05, 3.63) is 47.9 Å². The van der Waals surface area contributed by atoms with Crippen molar-refractivity contribution < 1.29 is 14.3 Å². The highest BCUT2D eigenvalue weighted by atomic mass is 16.6. The Labute approximate surface area is 183 Å². The van der Waals surface area contributed by atoms with Crippen LogP contribution in [0.5, 0.6) is 5.75 Å². The van der Waals surface area contributed by atoms with Crippen molar-refractivity contribution in [3.8, 4) is 16.9 Å². The first-order valence-corrected chi connectivity index (χ1v) is 10.7. The van der Waals surface area contributed by atoms with E-state index < -0.39 is 5.60 Å². The van der Waals surface area contributed by atoms with E-state index in [-0.39, 0.29) is 12.0 Å². The van der Waals surface area contributed by atoms with Crippen LogP contribution in [0.4, 0.5) is 4.79 Å². The number of amides is 1. The van der Waals surface area contributed by atoms with E-state index in [1.165, 1.54) is 0 Å². The van der Waals surface area contributed by atoms with Crippen molar-refractivity contribution in [1.29, 1.82) is 0 Å². The maximum Gasteiger partial charge on any atom is 0.410 e. The molecule has 1 saturated heterocycles. The lowest BCUT2D eigenvalue weighted by Gasteiger charge is -2.34. The number of carbonyl (C=O) groups excluding carboxylic acids is 1. The van der Waals surface area contributed by atoms with E-state index >= 15 is 0 Å². The zero-order valence-electron chi connectivity index (χ0n) is 18.9. The van der Waals surface area contributed by atoms with E-state index in [4.69, 9.17) is 14.6 Å². The Kier molecular flexibility index (Phi) is 5.60. The minimum Gasteiger partial charge on any atom is -0.497 e. The standard InChI is InChI=1S/C24H30N4O3/c1-16-21(17-8-10-19(30-5)11-9-17)22-25-13-12-20(28(22)26-16)18-7-6-14-27(15-18)23(29)31-24(2,3)4/h8-13,18H,6-7,14-15H2,1-5H3/t18-/m1/s1. The lowest BCUT2D eigenvalue weighted by molar-refractivity contribution is 0.0196. The number of hydrogen-bond donors (Lipinski definition) is 0. The summed E-state index contributed by atoms with van der Waals surface area (Å²) in [4.78, 5) is 19.1. The molecule has 1 aliphatic rings. The smallest absolute Gasteiger partial charge is 0.410 e. The number of methoxy groups -OCH3 is 1. The lowest BCUT2D eigenvalue weighted by atomic mass is 9.94. The maximum atomic E-state index is 12.6. The number of piperidine rings is 1. The summed E-state index contributed by atoms with van der Waals surface area (Å²) in [6.07, 6.45) is 3.51. The average molecular weight is 423 g/mol. The molecule has 0 unspecified atom stereocenters. The minimum absolute atomic E-state index is 0.176. The molecule has 1 fully saturated rings. The fourth-order valence-corrected chi connectivity index (χ4v) is 4.18. The van der Waals surface area contributed by atoms with Crippen LogP contribution >= 0.6 is 0 Å². The molecule has 0 saturated carbocycles. The second kappa shape index (κ2) is 8.21. The molecule has 0 N–H and O–H groups in total. The third kappa shape index (κ3) is 4.36. The summed E-state index contributed by atoms with van der Waals surface area (Å²) in [5.41, 5.74) is 4.39. The van der Waals surface area contributed by atoms with Crippen molar-refractivity contribution in [2.75, 3.05) is 20.2 Å². The number of likely N-dealkylation sites (tertiary alicyclic amines) is 1. The molecule has 7 heteroatoms. The molecule has 1 atom stereocenters. The number of aryl methyl sites for hydroxylation is 1. The van der Waals surface area contributed by atoms with E-state index in [0.29, 0.717) is 6.54 Å². The number of nitrogens with zero attached hydrogens (tertiary/aromatic N) is 4. The van der Waals surface area contributed by atoms with Crippen LogP contribution in [0.2, 0.25) is 0 Å². The summed E-state index contributed by atoms with van der Waals surface area (Å²) in [6, 6.07) is 9.97. The molecule has 1 aliphatic heterocycles. The van der Waals surface area contributed by atoms with Gasteiger partial charge in [-0.2, -0.15) is 5.10 Å². The molecule has 164 valence electrons. The molecule has 2 aromatic heterocycles. The van der Waals surface area contributed by atoms with Crippen molar-refractivity contribution >= 4 is 11.7 Å². The second-order valence-electron chi connectivity index (χ2n) is 9.06. The molecular formula is C24H30N4O3. The highest BCUT2D eigenvalue weighted by molar-refractivity contribution is 5.80. The summed E-state index contributed by atoms with van der Waals surface area (Å²) in [7, 11) is 1.66. The van der Waals surface area contributed by atoms with Crippen molar-refractivity contribution in [1.82, 2.24) is 19.5 Å². The van der Waals surface area contributed by atoms with E-state index in [2.05, 4.69) is 4.98 Å². The Hall–Kier alpha value is -3.09. The average Bonchev–Trinajstić information content (AvgIpc) is 3.08. The van der Waals surface area contributed by atoms with E-state index in [9.17, 15) is 4.79 Å². The Morgan fingerprint density at radius 3 is 2.58 bits per heavy atom. The summed E-state index contributed by atoms with van der Waals surface area (Å²) < 4.78 is 12.8. The zero-order chi connectivity index (χ0) is 22.2. The maximum absolute atomic E-state index is 12.6. The first kappa shape index (κ1) is 21.2. The second-order valence-corrected chi connectivity index (χ2v) is 9.06. The van der Waals surface area contributed by atoms with Gasteiger partial charge in [0.15, 0.2) is 5.65 Å². The van der Waals surface area contributed by atoms with Gasteiger partial charge in [0.05, 0.1) is 18.5 Å². The monoisotopic (exact) mass is 422 g/mol. The number of carbonyl (C=O) groups is 1. The number of ether oxygens (including phenoxy) is 2. The fraction of sp³-hybridized carbons (Fsp3) is 0.458. The van der Waals surface area contributed by atoms with Gasteiger partial charge in [-0.05, 0) is 64.3 Å². The lowest BCUT2D eigenvalue weighted by Crippen LogP contribution is -2.42. The molecule has 0 radical (unpaired) electrons. The van der Waals surface area contributed by atoms with Crippen LogP contribution in [0.25, 0.3) is 16.8 Å². The van der Waals surface area contributed by atoms with Crippen LogP contribution in [0, 0.1) is 6.92 Å². The Morgan fingerprint density at radius 2 is 1.90 bits per heavy atom. The molecule has 0 aliphatic carbocycles. The molecule has 4 rings (SSSR count). The number of hydrogen-bond acceptors (Lipinski definition) is 5. The topological polar surface area (TPSA) is 69.0 Å². The molecule has 31 heavy (non-hydrogen) atoms. The fourth-order valence-electron chi connectivity index (χ4n) is 4.18. The van der Waals surface area contributed by atoms with E-state index in [1.54, 1.807) is 7.11 Å². The SMILES string of the molecule is COc1ccc(-c2c(C)nn3c([C@@H]4CCCN(C(=O)OC(C)(C)C)C4)ccnc23)cc1. The highest BCUT2D eigenvalue weighted by Gasteiger charge is 2.30. The molecule has 3 aromatic rings.